The molecule has 3 N–H and O–H groups in total. The molecule has 33 heavy (non-hydrogen) atoms. The lowest BCUT2D eigenvalue weighted by molar-refractivity contribution is -0.143. The number of rotatable bonds is 9. The first kappa shape index (κ1) is 23.3. The third-order valence-corrected chi connectivity index (χ3v) is 4.85. The van der Waals surface area contributed by atoms with Crippen LogP contribution in [0.15, 0.2) is 54.7 Å². The number of nitriles is 1. The molecule has 1 aromatic heterocycles. The number of amides is 1. The van der Waals surface area contributed by atoms with Crippen LogP contribution in [0.1, 0.15) is 24.0 Å². The number of nitrogens with two attached hydrogens (primary N) is 1. The van der Waals surface area contributed by atoms with Crippen LogP contribution < -0.4 is 11.1 Å². The molecule has 10 heteroatoms. The summed E-state index contributed by atoms with van der Waals surface area (Å²) < 4.78 is 11.6. The van der Waals surface area contributed by atoms with Crippen molar-refractivity contribution in [2.75, 3.05) is 12.8 Å². The van der Waals surface area contributed by atoms with E-state index in [1.165, 1.54) is 7.11 Å². The van der Waals surface area contributed by atoms with Crippen molar-refractivity contribution in [3.63, 3.8) is 0 Å². The van der Waals surface area contributed by atoms with Crippen molar-refractivity contribution in [2.24, 2.45) is 0 Å². The SMILES string of the molecule is COC(=O)[C@H](CCCn1cc(-c2ccc(N)cc2C#N)nn1)NC(=O)OCc1ccccc1. The first-order valence-electron chi connectivity index (χ1n) is 10.3. The Balaban J connectivity index is 1.54. The van der Waals surface area contributed by atoms with Crippen LogP contribution in [0.3, 0.4) is 0 Å². The summed E-state index contributed by atoms with van der Waals surface area (Å²) in [5, 5.41) is 20.1. The molecular formula is C23H24N6O4. The maximum absolute atomic E-state index is 12.1. The number of anilines is 1. The quantitative estimate of drug-likeness (QED) is 0.375. The fourth-order valence-corrected chi connectivity index (χ4v) is 3.16. The van der Waals surface area contributed by atoms with Crippen molar-refractivity contribution in [1.29, 1.82) is 5.26 Å². The van der Waals surface area contributed by atoms with E-state index in [1.807, 2.05) is 30.3 Å². The van der Waals surface area contributed by atoms with Gasteiger partial charge in [-0.05, 0) is 36.6 Å². The number of nitrogens with one attached hydrogen (secondary N) is 1. The lowest BCUT2D eigenvalue weighted by Crippen LogP contribution is -2.41. The number of ether oxygens (including phenoxy) is 2. The molecule has 0 spiro atoms. The number of nitrogens with zero attached hydrogens (tertiary/aromatic N) is 4. The topological polar surface area (TPSA) is 145 Å². The minimum Gasteiger partial charge on any atom is -0.467 e. The van der Waals surface area contributed by atoms with Gasteiger partial charge in [-0.15, -0.1) is 5.10 Å². The van der Waals surface area contributed by atoms with Gasteiger partial charge in [0.25, 0.3) is 0 Å². The maximum Gasteiger partial charge on any atom is 0.408 e. The number of carbonyl (C=O) groups excluding carboxylic acids is 2. The highest BCUT2D eigenvalue weighted by molar-refractivity contribution is 5.81. The highest BCUT2D eigenvalue weighted by Gasteiger charge is 2.22. The second-order valence-electron chi connectivity index (χ2n) is 7.21. The summed E-state index contributed by atoms with van der Waals surface area (Å²) in [4.78, 5) is 24.2. The first-order valence-corrected chi connectivity index (χ1v) is 10.3. The number of aromatic nitrogens is 3. The number of hydrogen-bond donors (Lipinski definition) is 2. The predicted molar refractivity (Wildman–Crippen MR) is 119 cm³/mol. The van der Waals surface area contributed by atoms with E-state index >= 15 is 0 Å². The minimum atomic E-state index is -0.858. The molecule has 170 valence electrons. The molecular weight excluding hydrogens is 424 g/mol. The van der Waals surface area contributed by atoms with E-state index in [1.54, 1.807) is 29.1 Å². The molecule has 0 bridgehead atoms. The van der Waals surface area contributed by atoms with Gasteiger partial charge >= 0.3 is 12.1 Å². The van der Waals surface area contributed by atoms with Gasteiger partial charge in [-0.2, -0.15) is 5.26 Å². The molecule has 2 aromatic carbocycles. The molecule has 0 aliphatic heterocycles. The summed E-state index contributed by atoms with van der Waals surface area (Å²) >= 11 is 0. The van der Waals surface area contributed by atoms with Gasteiger partial charge in [-0.25, -0.2) is 9.59 Å². The van der Waals surface area contributed by atoms with Crippen LogP contribution in [0.4, 0.5) is 10.5 Å². The highest BCUT2D eigenvalue weighted by atomic mass is 16.6. The van der Waals surface area contributed by atoms with Gasteiger partial charge in [0.2, 0.25) is 0 Å². The third kappa shape index (κ3) is 6.54. The molecule has 0 radical (unpaired) electrons. The second-order valence-corrected chi connectivity index (χ2v) is 7.21. The minimum absolute atomic E-state index is 0.0954. The first-order chi connectivity index (χ1) is 16.0. The normalized spacial score (nSPS) is 11.3. The van der Waals surface area contributed by atoms with Crippen LogP contribution in [-0.2, 0) is 27.4 Å². The van der Waals surface area contributed by atoms with Crippen molar-refractivity contribution in [3.8, 4) is 17.3 Å². The van der Waals surface area contributed by atoms with Crippen LogP contribution in [-0.4, -0.2) is 40.2 Å². The number of hydrogen-bond acceptors (Lipinski definition) is 8. The Bertz CT molecular complexity index is 1140. The summed E-state index contributed by atoms with van der Waals surface area (Å²) in [5.74, 6) is -0.563. The lowest BCUT2D eigenvalue weighted by atomic mass is 10.1. The molecule has 0 aliphatic carbocycles. The van der Waals surface area contributed by atoms with Crippen molar-refractivity contribution >= 4 is 17.7 Å². The van der Waals surface area contributed by atoms with E-state index < -0.39 is 18.1 Å². The van der Waals surface area contributed by atoms with Gasteiger partial charge in [-0.1, -0.05) is 35.5 Å². The van der Waals surface area contributed by atoms with E-state index in [-0.39, 0.29) is 6.61 Å². The van der Waals surface area contributed by atoms with E-state index in [0.717, 1.165) is 5.56 Å². The standard InChI is InChI=1S/C23H24N6O4/c1-32-22(30)20(26-23(31)33-15-16-6-3-2-4-7-16)8-5-11-29-14-21(27-28-29)19-10-9-18(25)12-17(19)13-24/h2-4,6-7,9-10,12,14,20H,5,8,11,15,25H2,1H3,(H,26,31)/t20-/m0/s1. The molecule has 0 aliphatic rings. The van der Waals surface area contributed by atoms with Gasteiger partial charge in [0.15, 0.2) is 0 Å². The Morgan fingerprint density at radius 2 is 2.03 bits per heavy atom. The fourth-order valence-electron chi connectivity index (χ4n) is 3.16. The van der Waals surface area contributed by atoms with Gasteiger partial charge in [0.1, 0.15) is 18.3 Å². The number of nitrogen functional groups attached to an aromatic ring is 1. The molecule has 0 saturated carbocycles. The lowest BCUT2D eigenvalue weighted by Gasteiger charge is -2.16. The van der Waals surface area contributed by atoms with Gasteiger partial charge in [0.05, 0.1) is 24.9 Å². The van der Waals surface area contributed by atoms with Crippen LogP contribution in [0.25, 0.3) is 11.3 Å². The molecule has 0 fully saturated rings. The number of esters is 1. The van der Waals surface area contributed by atoms with E-state index in [9.17, 15) is 14.9 Å². The Hall–Kier alpha value is -4.39. The van der Waals surface area contributed by atoms with E-state index in [0.29, 0.717) is 41.9 Å². The molecule has 1 heterocycles. The smallest absolute Gasteiger partial charge is 0.408 e. The van der Waals surface area contributed by atoms with Gasteiger partial charge in [0, 0.05) is 17.8 Å². The number of methoxy groups -OCH3 is 1. The summed E-state index contributed by atoms with van der Waals surface area (Å²) in [5.41, 5.74) is 8.64. The zero-order chi connectivity index (χ0) is 23.6. The number of aryl methyl sites for hydroxylation is 1. The highest BCUT2D eigenvalue weighted by Crippen LogP contribution is 2.23. The average Bonchev–Trinajstić information content (AvgIpc) is 3.30. The van der Waals surface area contributed by atoms with Crippen LogP contribution >= 0.6 is 0 Å². The average molecular weight is 448 g/mol. The zero-order valence-electron chi connectivity index (χ0n) is 18.1. The Labute approximate surface area is 190 Å². The molecule has 3 rings (SSSR count). The van der Waals surface area contributed by atoms with Gasteiger partial charge in [-0.3, -0.25) is 4.68 Å². The van der Waals surface area contributed by atoms with Crippen LogP contribution in [0, 0.1) is 11.3 Å². The van der Waals surface area contributed by atoms with Crippen LogP contribution in [0.2, 0.25) is 0 Å². The molecule has 0 unspecified atom stereocenters. The molecule has 1 amide bonds. The third-order valence-electron chi connectivity index (χ3n) is 4.85. The van der Waals surface area contributed by atoms with E-state index in [4.69, 9.17) is 15.2 Å². The second kappa shape index (κ2) is 11.3. The predicted octanol–water partition coefficient (Wildman–Crippen LogP) is 2.65. The molecule has 3 aromatic rings. The number of carbonyl (C=O) groups is 2. The number of benzene rings is 2. The van der Waals surface area contributed by atoms with Crippen molar-refractivity contribution in [3.05, 3.63) is 65.9 Å². The monoisotopic (exact) mass is 448 g/mol. The summed E-state index contributed by atoms with van der Waals surface area (Å²) in [6.45, 7) is 0.538. The summed E-state index contributed by atoms with van der Waals surface area (Å²) in [7, 11) is 1.26. The Kier molecular flexibility index (Phi) is 7.96. The largest absolute Gasteiger partial charge is 0.467 e. The maximum atomic E-state index is 12.1. The van der Waals surface area contributed by atoms with Gasteiger partial charge < -0.3 is 20.5 Å². The van der Waals surface area contributed by atoms with Crippen molar-refractivity contribution in [1.82, 2.24) is 20.3 Å². The summed E-state index contributed by atoms with van der Waals surface area (Å²) in [6, 6.07) is 15.5. The molecule has 10 nitrogen and oxygen atoms in total. The summed E-state index contributed by atoms with van der Waals surface area (Å²) in [6.07, 6.45) is 1.83. The molecule has 1 atom stereocenters. The fraction of sp³-hybridized carbons (Fsp3) is 0.261. The van der Waals surface area contributed by atoms with Crippen molar-refractivity contribution in [2.45, 2.75) is 32.0 Å². The zero-order valence-corrected chi connectivity index (χ0v) is 18.1. The van der Waals surface area contributed by atoms with Crippen LogP contribution in [0.5, 0.6) is 0 Å². The Morgan fingerprint density at radius 1 is 1.24 bits per heavy atom. The molecule has 0 saturated heterocycles. The van der Waals surface area contributed by atoms with Crippen molar-refractivity contribution < 1.29 is 19.1 Å². The Morgan fingerprint density at radius 3 is 2.76 bits per heavy atom. The van der Waals surface area contributed by atoms with E-state index in [2.05, 4.69) is 21.7 Å². The number of alkyl carbamates (subject to hydrolysis) is 1.